The third kappa shape index (κ3) is 3.72. The van der Waals surface area contributed by atoms with E-state index in [0.29, 0.717) is 43.5 Å². The maximum absolute atomic E-state index is 11.5. The van der Waals surface area contributed by atoms with Crippen LogP contribution in [0.5, 0.6) is 0 Å². The van der Waals surface area contributed by atoms with Gasteiger partial charge in [-0.2, -0.15) is 5.10 Å². The number of morpholine rings is 1. The van der Waals surface area contributed by atoms with E-state index in [1.807, 2.05) is 35.2 Å². The largest absolute Gasteiger partial charge is 0.378 e. The van der Waals surface area contributed by atoms with Gasteiger partial charge >= 0.3 is 0 Å². The quantitative estimate of drug-likeness (QED) is 0.408. The molecule has 0 atom stereocenters. The van der Waals surface area contributed by atoms with Crippen LogP contribution in [0.4, 0.5) is 17.3 Å². The van der Waals surface area contributed by atoms with E-state index in [1.165, 1.54) is 12.3 Å². The van der Waals surface area contributed by atoms with Gasteiger partial charge in [0.05, 0.1) is 35.4 Å². The lowest BCUT2D eigenvalue weighted by Gasteiger charge is -2.28. The molecule has 0 radical (unpaired) electrons. The van der Waals surface area contributed by atoms with Crippen LogP contribution in [0.15, 0.2) is 47.6 Å². The Morgan fingerprint density at radius 1 is 1.26 bits per heavy atom. The van der Waals surface area contributed by atoms with Gasteiger partial charge in [-0.15, -0.1) is 0 Å². The average molecular weight is 366 g/mol. The van der Waals surface area contributed by atoms with E-state index in [9.17, 15) is 10.1 Å². The molecule has 3 aromatic rings. The summed E-state index contributed by atoms with van der Waals surface area (Å²) in [5, 5.41) is 15.6. The first-order valence-electron chi connectivity index (χ1n) is 8.56. The molecule has 1 saturated heterocycles. The maximum atomic E-state index is 11.5. The van der Waals surface area contributed by atoms with Crippen molar-refractivity contribution in [2.24, 2.45) is 5.10 Å². The number of nitro groups is 1. The second kappa shape index (κ2) is 7.42. The Balaban J connectivity index is 1.51. The molecular formula is C18H18N6O3. The monoisotopic (exact) mass is 366 g/mol. The molecule has 0 bridgehead atoms. The fourth-order valence-electron chi connectivity index (χ4n) is 3.01. The van der Waals surface area contributed by atoms with Gasteiger partial charge in [0.1, 0.15) is 5.69 Å². The van der Waals surface area contributed by atoms with Crippen molar-refractivity contribution in [2.45, 2.75) is 0 Å². The number of hydrogen-bond donors (Lipinski definition) is 2. The Bertz CT molecular complexity index is 961. The lowest BCUT2D eigenvalue weighted by Crippen LogP contribution is -2.36. The molecule has 2 N–H and O–H groups in total. The molecule has 0 aliphatic carbocycles. The predicted octanol–water partition coefficient (Wildman–Crippen LogP) is 2.75. The second-order valence-electron chi connectivity index (χ2n) is 6.08. The lowest BCUT2D eigenvalue weighted by atomic mass is 10.1. The summed E-state index contributed by atoms with van der Waals surface area (Å²) in [5.74, 6) is 0.506. The molecule has 1 aliphatic heterocycles. The molecule has 1 fully saturated rings. The summed E-state index contributed by atoms with van der Waals surface area (Å²) in [7, 11) is 0. The van der Waals surface area contributed by atoms with Gasteiger partial charge in [-0.05, 0) is 18.2 Å². The van der Waals surface area contributed by atoms with Crippen molar-refractivity contribution in [3.8, 4) is 0 Å². The highest BCUT2D eigenvalue weighted by molar-refractivity contribution is 5.84. The molecule has 9 heteroatoms. The molecule has 1 aliphatic rings. The summed E-state index contributed by atoms with van der Waals surface area (Å²) in [4.78, 5) is 20.5. The first-order valence-corrected chi connectivity index (χ1v) is 8.56. The molecule has 2 aromatic carbocycles. The fourth-order valence-corrected chi connectivity index (χ4v) is 3.01. The van der Waals surface area contributed by atoms with Crippen molar-refractivity contribution in [2.75, 3.05) is 36.6 Å². The number of nitro benzene ring substituents is 1. The molecule has 0 amide bonds. The Kier molecular flexibility index (Phi) is 4.67. The number of nitrogens with one attached hydrogen (secondary N) is 2. The molecule has 27 heavy (non-hydrogen) atoms. The molecule has 2 heterocycles. The van der Waals surface area contributed by atoms with Crippen LogP contribution in [-0.2, 0) is 4.74 Å². The van der Waals surface area contributed by atoms with Crippen molar-refractivity contribution < 1.29 is 9.66 Å². The Morgan fingerprint density at radius 3 is 2.85 bits per heavy atom. The molecule has 0 spiro atoms. The topological polar surface area (TPSA) is 109 Å². The zero-order valence-electron chi connectivity index (χ0n) is 14.5. The number of H-pyrrole nitrogens is 1. The minimum absolute atomic E-state index is 0.0598. The number of hydrazone groups is 1. The van der Waals surface area contributed by atoms with Gasteiger partial charge in [0.2, 0.25) is 5.95 Å². The minimum Gasteiger partial charge on any atom is -0.378 e. The zero-order valence-corrected chi connectivity index (χ0v) is 14.5. The number of para-hydroxylation sites is 2. The minimum atomic E-state index is -0.366. The van der Waals surface area contributed by atoms with Crippen molar-refractivity contribution in [1.82, 2.24) is 9.97 Å². The number of anilines is 2. The van der Waals surface area contributed by atoms with Crippen LogP contribution in [0.1, 0.15) is 5.56 Å². The first-order chi connectivity index (χ1) is 13.2. The molecule has 138 valence electrons. The van der Waals surface area contributed by atoms with Gasteiger partial charge in [-0.25, -0.2) is 10.4 Å². The number of fused-ring (bicyclic) bond motifs is 1. The van der Waals surface area contributed by atoms with Crippen LogP contribution in [0.2, 0.25) is 0 Å². The van der Waals surface area contributed by atoms with Crippen LogP contribution in [0.25, 0.3) is 11.0 Å². The van der Waals surface area contributed by atoms with Crippen LogP contribution >= 0.6 is 0 Å². The van der Waals surface area contributed by atoms with E-state index in [1.54, 1.807) is 6.07 Å². The lowest BCUT2D eigenvalue weighted by molar-refractivity contribution is -0.384. The van der Waals surface area contributed by atoms with E-state index in [0.717, 1.165) is 11.0 Å². The highest BCUT2D eigenvalue weighted by Crippen LogP contribution is 2.29. The predicted molar refractivity (Wildman–Crippen MR) is 103 cm³/mol. The number of aromatic amines is 1. The number of aromatic nitrogens is 2. The third-order valence-corrected chi connectivity index (χ3v) is 4.32. The maximum Gasteiger partial charge on any atom is 0.293 e. The summed E-state index contributed by atoms with van der Waals surface area (Å²) in [5.41, 5.74) is 5.84. The molecule has 0 unspecified atom stereocenters. The van der Waals surface area contributed by atoms with Crippen LogP contribution < -0.4 is 10.3 Å². The molecule has 0 saturated carbocycles. The summed E-state index contributed by atoms with van der Waals surface area (Å²) in [6.07, 6.45) is 1.53. The van der Waals surface area contributed by atoms with E-state index in [4.69, 9.17) is 4.74 Å². The van der Waals surface area contributed by atoms with Gasteiger partial charge in [0.25, 0.3) is 5.69 Å². The molecule has 1 aromatic heterocycles. The van der Waals surface area contributed by atoms with E-state index < -0.39 is 0 Å². The summed E-state index contributed by atoms with van der Waals surface area (Å²) in [6.45, 7) is 2.42. The number of rotatable bonds is 5. The number of ether oxygens (including phenoxy) is 1. The summed E-state index contributed by atoms with van der Waals surface area (Å²) >= 11 is 0. The van der Waals surface area contributed by atoms with E-state index in [2.05, 4.69) is 20.5 Å². The normalized spacial score (nSPS) is 14.7. The smallest absolute Gasteiger partial charge is 0.293 e. The van der Waals surface area contributed by atoms with Gasteiger partial charge in [0.15, 0.2) is 0 Å². The van der Waals surface area contributed by atoms with Crippen LogP contribution in [0, 0.1) is 10.1 Å². The van der Waals surface area contributed by atoms with Crippen LogP contribution in [0.3, 0.4) is 0 Å². The Morgan fingerprint density at radius 2 is 2.07 bits per heavy atom. The van der Waals surface area contributed by atoms with Crippen molar-refractivity contribution in [3.05, 3.63) is 58.1 Å². The summed E-state index contributed by atoms with van der Waals surface area (Å²) < 4.78 is 5.31. The SMILES string of the molecule is O=[N+]([O-])c1cc(/C=N\Nc2nc3ccccc3[nH]2)ccc1N1CCOCC1. The fraction of sp³-hybridized carbons (Fsp3) is 0.222. The molecule has 4 rings (SSSR count). The summed E-state index contributed by atoms with van der Waals surface area (Å²) in [6, 6.07) is 12.7. The molecular weight excluding hydrogens is 348 g/mol. The van der Waals surface area contributed by atoms with E-state index >= 15 is 0 Å². The highest BCUT2D eigenvalue weighted by Gasteiger charge is 2.21. The van der Waals surface area contributed by atoms with Gasteiger partial charge in [0, 0.05) is 24.7 Å². The first kappa shape index (κ1) is 17.0. The molecule has 9 nitrogen and oxygen atoms in total. The van der Waals surface area contributed by atoms with Crippen LogP contribution in [-0.4, -0.2) is 47.4 Å². The average Bonchev–Trinajstić information content (AvgIpc) is 3.11. The van der Waals surface area contributed by atoms with E-state index in [-0.39, 0.29) is 10.6 Å². The standard InChI is InChI=1S/C18H18N6O3/c25-24(26)17-11-13(5-6-16(17)23-7-9-27-10-8-23)12-19-22-18-20-14-3-1-2-4-15(14)21-18/h1-6,11-12H,7-10H2,(H2,20,21,22)/b19-12-. The van der Waals surface area contributed by atoms with Gasteiger partial charge < -0.3 is 14.6 Å². The zero-order chi connectivity index (χ0) is 18.6. The number of imidazole rings is 1. The number of nitrogens with zero attached hydrogens (tertiary/aromatic N) is 4. The Labute approximate surface area is 154 Å². The van der Waals surface area contributed by atoms with Crippen molar-refractivity contribution in [3.63, 3.8) is 0 Å². The van der Waals surface area contributed by atoms with Gasteiger partial charge in [-0.1, -0.05) is 18.2 Å². The number of benzene rings is 2. The second-order valence-corrected chi connectivity index (χ2v) is 6.08. The Hall–Kier alpha value is -3.46. The van der Waals surface area contributed by atoms with Gasteiger partial charge in [-0.3, -0.25) is 10.1 Å². The van der Waals surface area contributed by atoms with Crippen molar-refractivity contribution in [1.29, 1.82) is 0 Å². The highest BCUT2D eigenvalue weighted by atomic mass is 16.6. The van der Waals surface area contributed by atoms with Crippen molar-refractivity contribution >= 4 is 34.6 Å². The third-order valence-electron chi connectivity index (χ3n) is 4.32. The number of hydrogen-bond acceptors (Lipinski definition) is 7.